The third-order valence-corrected chi connectivity index (χ3v) is 7.36. The highest BCUT2D eigenvalue weighted by molar-refractivity contribution is 6.02. The second kappa shape index (κ2) is 12.8. The van der Waals surface area contributed by atoms with Crippen LogP contribution in [0.15, 0.2) is 98.1 Å². The maximum Gasteiger partial charge on any atom is 0.335 e. The molecular weight excluding hydrogens is 577 g/mol. The van der Waals surface area contributed by atoms with E-state index in [2.05, 4.69) is 33.8 Å². The first kappa shape index (κ1) is 30.5. The average Bonchev–Trinajstić information content (AvgIpc) is 3.52. The van der Waals surface area contributed by atoms with Gasteiger partial charge in [0.05, 0.1) is 11.8 Å². The molecular formula is C33H30FN7O4. The number of carboxylic acids is 1. The number of nitrogens with one attached hydrogen (secondary N) is 1. The Labute approximate surface area is 258 Å². The third-order valence-electron chi connectivity index (χ3n) is 7.36. The summed E-state index contributed by atoms with van der Waals surface area (Å²) in [7, 11) is 3.80. The molecule has 2 aromatic carbocycles. The van der Waals surface area contributed by atoms with Crippen LogP contribution in [0.1, 0.15) is 38.0 Å². The number of hydrogen-bond donors (Lipinski definition) is 2. The lowest BCUT2D eigenvalue weighted by atomic mass is 9.86. The zero-order chi connectivity index (χ0) is 32.2. The minimum absolute atomic E-state index is 0.0434. The Morgan fingerprint density at radius 1 is 1.11 bits per heavy atom. The van der Waals surface area contributed by atoms with E-state index in [0.29, 0.717) is 17.7 Å². The second-order valence-electron chi connectivity index (χ2n) is 10.4. The number of amides is 2. The largest absolute Gasteiger partial charge is 0.478 e. The summed E-state index contributed by atoms with van der Waals surface area (Å²) in [6.07, 6.45) is 6.17. The lowest BCUT2D eigenvalue weighted by Gasteiger charge is -2.37. The molecule has 45 heavy (non-hydrogen) atoms. The molecule has 12 heteroatoms. The molecule has 1 aliphatic rings. The fraction of sp³-hybridized carbons (Fsp3) is 0.152. The molecule has 1 unspecified atom stereocenters. The standard InChI is InChI=1S/C33H30FN7O4/c1-5-7-28(20(2)34)41-19-27(37-38-41)32(43)40-17-16-25-24(22-12-15-29(35-18-22)39(3)4)8-6-9-26(25)30(40)31(42)36-23-13-10-21(11-14-23)33(44)45/h5-15,18-19,30H,1-2,16-17H2,3-4H3,(H,36,42)(H,44,45). The van der Waals surface area contributed by atoms with Crippen LogP contribution in [0.5, 0.6) is 0 Å². The number of hydrogen-bond acceptors (Lipinski definition) is 7. The molecule has 0 aliphatic carbocycles. The molecule has 1 atom stereocenters. The molecule has 0 bridgehead atoms. The number of aromatic carboxylic acids is 1. The molecule has 5 rings (SSSR count). The fourth-order valence-corrected chi connectivity index (χ4v) is 5.19. The predicted molar refractivity (Wildman–Crippen MR) is 168 cm³/mol. The maximum atomic E-state index is 14.1. The van der Waals surface area contributed by atoms with Crippen molar-refractivity contribution in [2.24, 2.45) is 0 Å². The van der Waals surface area contributed by atoms with Crippen molar-refractivity contribution in [2.45, 2.75) is 12.5 Å². The Bertz CT molecular complexity index is 1830. The Hall–Kier alpha value is -5.91. The van der Waals surface area contributed by atoms with Gasteiger partial charge in [0.2, 0.25) is 0 Å². The minimum atomic E-state index is -1.10. The van der Waals surface area contributed by atoms with Crippen LogP contribution in [0.2, 0.25) is 0 Å². The summed E-state index contributed by atoms with van der Waals surface area (Å²) in [4.78, 5) is 47.0. The normalized spacial score (nSPS) is 14.3. The molecule has 0 spiro atoms. The van der Waals surface area contributed by atoms with E-state index in [-0.39, 0.29) is 23.5 Å². The van der Waals surface area contributed by atoms with E-state index in [0.717, 1.165) is 27.2 Å². The van der Waals surface area contributed by atoms with Crippen molar-refractivity contribution in [1.29, 1.82) is 0 Å². The topological polar surface area (TPSA) is 134 Å². The number of carbonyl (C=O) groups is 3. The molecule has 2 N–H and O–H groups in total. The number of benzene rings is 2. The Balaban J connectivity index is 1.55. The van der Waals surface area contributed by atoms with Gasteiger partial charge >= 0.3 is 5.97 Å². The Morgan fingerprint density at radius 3 is 2.49 bits per heavy atom. The van der Waals surface area contributed by atoms with E-state index >= 15 is 0 Å². The van der Waals surface area contributed by atoms with Gasteiger partial charge in [-0.3, -0.25) is 9.59 Å². The van der Waals surface area contributed by atoms with Gasteiger partial charge in [0, 0.05) is 38.1 Å². The quantitative estimate of drug-likeness (QED) is 0.254. The van der Waals surface area contributed by atoms with Crippen molar-refractivity contribution in [3.63, 3.8) is 0 Å². The van der Waals surface area contributed by atoms with Crippen LogP contribution >= 0.6 is 0 Å². The number of halogens is 1. The number of fused-ring (bicyclic) bond motifs is 1. The van der Waals surface area contributed by atoms with Crippen LogP contribution in [-0.4, -0.2) is 68.4 Å². The predicted octanol–water partition coefficient (Wildman–Crippen LogP) is 4.99. The summed E-state index contributed by atoms with van der Waals surface area (Å²) in [5, 5.41) is 19.9. The number of pyridine rings is 1. The molecule has 0 radical (unpaired) electrons. The molecule has 1 aliphatic heterocycles. The molecule has 2 aromatic heterocycles. The number of carbonyl (C=O) groups excluding carboxylic acids is 2. The number of rotatable bonds is 9. The van der Waals surface area contributed by atoms with Gasteiger partial charge in [-0.05, 0) is 65.6 Å². The van der Waals surface area contributed by atoms with E-state index in [9.17, 15) is 23.9 Å². The number of nitrogens with zero attached hydrogens (tertiary/aromatic N) is 6. The summed E-state index contributed by atoms with van der Waals surface area (Å²) in [6.45, 7) is 7.03. The Kier molecular flexibility index (Phi) is 8.66. The lowest BCUT2D eigenvalue weighted by molar-refractivity contribution is -0.121. The molecule has 0 saturated heterocycles. The van der Waals surface area contributed by atoms with Crippen LogP contribution < -0.4 is 10.2 Å². The molecule has 11 nitrogen and oxygen atoms in total. The summed E-state index contributed by atoms with van der Waals surface area (Å²) >= 11 is 0. The van der Waals surface area contributed by atoms with E-state index in [4.69, 9.17) is 0 Å². The highest BCUT2D eigenvalue weighted by Gasteiger charge is 2.38. The smallest absolute Gasteiger partial charge is 0.335 e. The zero-order valence-electron chi connectivity index (χ0n) is 24.6. The first-order valence-corrected chi connectivity index (χ1v) is 13.9. The average molecular weight is 608 g/mol. The van der Waals surface area contributed by atoms with Crippen molar-refractivity contribution in [3.8, 4) is 11.1 Å². The van der Waals surface area contributed by atoms with E-state index in [1.54, 1.807) is 12.3 Å². The van der Waals surface area contributed by atoms with E-state index < -0.39 is 29.7 Å². The highest BCUT2D eigenvalue weighted by atomic mass is 19.1. The van der Waals surface area contributed by atoms with Crippen molar-refractivity contribution < 1.29 is 23.9 Å². The van der Waals surface area contributed by atoms with Gasteiger partial charge in [0.25, 0.3) is 11.8 Å². The first-order valence-electron chi connectivity index (χ1n) is 13.9. The van der Waals surface area contributed by atoms with Crippen LogP contribution in [0, 0.1) is 0 Å². The summed E-state index contributed by atoms with van der Waals surface area (Å²) in [5.74, 6) is -2.19. The number of carboxylic acid groups (broad SMARTS) is 1. The van der Waals surface area contributed by atoms with E-state index in [1.165, 1.54) is 47.5 Å². The molecule has 4 aromatic rings. The lowest BCUT2D eigenvalue weighted by Crippen LogP contribution is -2.45. The minimum Gasteiger partial charge on any atom is -0.478 e. The van der Waals surface area contributed by atoms with Crippen LogP contribution in [0.4, 0.5) is 15.9 Å². The van der Waals surface area contributed by atoms with Gasteiger partial charge < -0.3 is 20.2 Å². The van der Waals surface area contributed by atoms with Crippen molar-refractivity contribution in [2.75, 3.05) is 30.9 Å². The Morgan fingerprint density at radius 2 is 1.87 bits per heavy atom. The van der Waals surface area contributed by atoms with Crippen LogP contribution in [-0.2, 0) is 11.2 Å². The van der Waals surface area contributed by atoms with Gasteiger partial charge in [-0.2, -0.15) is 0 Å². The van der Waals surface area contributed by atoms with Gasteiger partial charge in [-0.1, -0.05) is 42.6 Å². The van der Waals surface area contributed by atoms with Gasteiger partial charge in [0.1, 0.15) is 23.4 Å². The molecule has 0 saturated carbocycles. The van der Waals surface area contributed by atoms with Crippen LogP contribution in [0.3, 0.4) is 0 Å². The van der Waals surface area contributed by atoms with Crippen molar-refractivity contribution in [3.05, 3.63) is 121 Å². The van der Waals surface area contributed by atoms with E-state index in [1.807, 2.05) is 43.3 Å². The maximum absolute atomic E-state index is 14.1. The third kappa shape index (κ3) is 6.25. The summed E-state index contributed by atoms with van der Waals surface area (Å²) in [6, 6.07) is 14.1. The molecule has 0 fully saturated rings. The second-order valence-corrected chi connectivity index (χ2v) is 10.4. The van der Waals surface area contributed by atoms with Gasteiger partial charge in [-0.25, -0.2) is 18.9 Å². The van der Waals surface area contributed by atoms with Crippen molar-refractivity contribution >= 4 is 35.0 Å². The number of aromatic nitrogens is 4. The summed E-state index contributed by atoms with van der Waals surface area (Å²) in [5.41, 5.74) is 3.52. The zero-order valence-corrected chi connectivity index (χ0v) is 24.6. The molecule has 228 valence electrons. The van der Waals surface area contributed by atoms with Gasteiger partial charge in [0.15, 0.2) is 5.69 Å². The number of allylic oxidation sites excluding steroid dienone is 4. The highest BCUT2D eigenvalue weighted by Crippen LogP contribution is 2.37. The summed E-state index contributed by atoms with van der Waals surface area (Å²) < 4.78 is 15.1. The molecule has 2 amide bonds. The van der Waals surface area contributed by atoms with Crippen LogP contribution in [0.25, 0.3) is 16.8 Å². The van der Waals surface area contributed by atoms with Gasteiger partial charge in [-0.15, -0.1) is 5.10 Å². The van der Waals surface area contributed by atoms with Crippen molar-refractivity contribution in [1.82, 2.24) is 24.9 Å². The number of anilines is 2. The monoisotopic (exact) mass is 607 g/mol. The fourth-order valence-electron chi connectivity index (χ4n) is 5.19. The SMILES string of the molecule is C=CC=C(C(=C)F)n1cc(C(=O)N2CCc3c(-c4ccc(N(C)C)nc4)cccc3C2C(=O)Nc2ccc(C(=O)O)cc2)nn1. The molecule has 3 heterocycles. The first-order chi connectivity index (χ1) is 21.6.